The summed E-state index contributed by atoms with van der Waals surface area (Å²) in [7, 11) is 5.68. The first-order valence-corrected chi connectivity index (χ1v) is 6.14. The van der Waals surface area contributed by atoms with Crippen molar-refractivity contribution in [3.63, 3.8) is 0 Å². The lowest BCUT2D eigenvalue weighted by Gasteiger charge is -2.02. The van der Waals surface area contributed by atoms with Gasteiger partial charge in [-0.2, -0.15) is 0 Å². The Bertz CT molecular complexity index is 729. The molecule has 0 atom stereocenters. The fourth-order valence-electron chi connectivity index (χ4n) is 1.85. The summed E-state index contributed by atoms with van der Waals surface area (Å²) < 4.78 is 6.68. The first-order valence-electron chi connectivity index (χ1n) is 5.07. The van der Waals surface area contributed by atoms with Crippen LogP contribution in [0.1, 0.15) is 0 Å². The summed E-state index contributed by atoms with van der Waals surface area (Å²) in [5.74, 6) is 0. The Balaban J connectivity index is 2.58. The molecule has 0 spiro atoms. The number of fused-ring (bicyclic) bond motifs is 2. The second-order valence-electron chi connectivity index (χ2n) is 3.83. The molecule has 0 N–H and O–H groups in total. The third-order valence-corrected chi connectivity index (χ3v) is 3.33. The fraction of sp³-hybridized carbons (Fsp3) is 0. The Morgan fingerprint density at radius 1 is 1.00 bits per heavy atom. The van der Waals surface area contributed by atoms with Crippen LogP contribution in [-0.4, -0.2) is 7.85 Å². The average molecular weight is 332 g/mol. The molecule has 0 bridgehead atoms. The van der Waals surface area contributed by atoms with Crippen molar-refractivity contribution < 1.29 is 4.42 Å². The largest absolute Gasteiger partial charge is 0.456 e. The van der Waals surface area contributed by atoms with Gasteiger partial charge in [-0.3, -0.25) is 4.79 Å². The van der Waals surface area contributed by atoms with Gasteiger partial charge in [0, 0.05) is 3.57 Å². The molecule has 0 aliphatic rings. The van der Waals surface area contributed by atoms with E-state index in [0.717, 1.165) is 3.57 Å². The van der Waals surface area contributed by atoms with Gasteiger partial charge in [-0.25, -0.2) is 0 Å². The number of hydrogen-bond acceptors (Lipinski definition) is 2. The predicted molar refractivity (Wildman–Crippen MR) is 78.1 cm³/mol. The Kier molecular flexibility index (Phi) is 2.47. The van der Waals surface area contributed by atoms with Crippen LogP contribution in [0.2, 0.25) is 0 Å². The highest BCUT2D eigenvalue weighted by Crippen LogP contribution is 2.19. The first-order chi connectivity index (χ1) is 8.15. The van der Waals surface area contributed by atoms with Gasteiger partial charge >= 0.3 is 0 Å². The maximum absolute atomic E-state index is 12.3. The predicted octanol–water partition coefficient (Wildman–Crippen LogP) is 2.34. The van der Waals surface area contributed by atoms with Gasteiger partial charge in [0.05, 0.1) is 10.8 Å². The number of hydrogen-bond donors (Lipinski definition) is 0. The quantitative estimate of drug-likeness (QED) is 0.359. The summed E-state index contributed by atoms with van der Waals surface area (Å²) in [6.07, 6.45) is 0. The molecule has 2 radical (unpaired) electrons. The van der Waals surface area contributed by atoms with Crippen molar-refractivity contribution in [3.05, 3.63) is 50.2 Å². The Hall–Kier alpha value is -1.30. The van der Waals surface area contributed by atoms with Crippen LogP contribution in [0.3, 0.4) is 0 Å². The molecule has 1 aromatic heterocycles. The van der Waals surface area contributed by atoms with Crippen LogP contribution in [-0.2, 0) is 0 Å². The van der Waals surface area contributed by atoms with Crippen molar-refractivity contribution in [2.24, 2.45) is 0 Å². The van der Waals surface area contributed by atoms with E-state index in [1.807, 2.05) is 18.2 Å². The number of benzene rings is 2. The second-order valence-corrected chi connectivity index (χ2v) is 5.07. The fourth-order valence-corrected chi connectivity index (χ4v) is 2.34. The van der Waals surface area contributed by atoms with E-state index in [-0.39, 0.29) is 5.43 Å². The molecule has 0 saturated carbocycles. The van der Waals surface area contributed by atoms with E-state index >= 15 is 0 Å². The van der Waals surface area contributed by atoms with Gasteiger partial charge in [0.1, 0.15) is 19.0 Å². The smallest absolute Gasteiger partial charge is 0.200 e. The minimum atomic E-state index is -0.0351. The maximum Gasteiger partial charge on any atom is 0.200 e. The van der Waals surface area contributed by atoms with Crippen LogP contribution < -0.4 is 10.9 Å². The lowest BCUT2D eigenvalue weighted by atomic mass is 9.94. The monoisotopic (exact) mass is 332 g/mol. The lowest BCUT2D eigenvalue weighted by molar-refractivity contribution is 0.660. The van der Waals surface area contributed by atoms with Crippen molar-refractivity contribution in [2.75, 3.05) is 0 Å². The Morgan fingerprint density at radius 3 is 2.41 bits per heavy atom. The lowest BCUT2D eigenvalue weighted by Crippen LogP contribution is -2.07. The van der Waals surface area contributed by atoms with Crippen molar-refractivity contribution in [2.45, 2.75) is 0 Å². The molecule has 0 saturated heterocycles. The third kappa shape index (κ3) is 1.76. The first kappa shape index (κ1) is 10.8. The molecule has 0 aliphatic carbocycles. The average Bonchev–Trinajstić information content (AvgIpc) is 2.32. The zero-order valence-corrected chi connectivity index (χ0v) is 10.9. The Morgan fingerprint density at radius 2 is 1.65 bits per heavy atom. The van der Waals surface area contributed by atoms with Crippen LogP contribution in [0.5, 0.6) is 0 Å². The molecular weight excluding hydrogens is 326 g/mol. The molecule has 0 amide bonds. The molecule has 0 aliphatic heterocycles. The summed E-state index contributed by atoms with van der Waals surface area (Å²) in [5.41, 5.74) is 1.70. The van der Waals surface area contributed by atoms with Crippen LogP contribution in [0.15, 0.2) is 45.6 Å². The van der Waals surface area contributed by atoms with Crippen molar-refractivity contribution in [1.82, 2.24) is 0 Å². The Labute approximate surface area is 112 Å². The standard InChI is InChI=1S/C13H6BIO2/c14-7-1-3-11-9(5-7)13(16)10-6-8(15)2-4-12(10)17-11/h1-6H. The van der Waals surface area contributed by atoms with Gasteiger partial charge in [0.2, 0.25) is 5.43 Å². The molecule has 0 unspecified atom stereocenters. The highest BCUT2D eigenvalue weighted by Gasteiger charge is 2.07. The van der Waals surface area contributed by atoms with E-state index in [1.54, 1.807) is 18.2 Å². The molecule has 4 heteroatoms. The van der Waals surface area contributed by atoms with Crippen LogP contribution in [0.25, 0.3) is 21.9 Å². The molecule has 1 heterocycles. The van der Waals surface area contributed by atoms with E-state index in [1.165, 1.54) is 0 Å². The molecule has 80 valence electrons. The molecular formula is C13H6BIO2. The van der Waals surface area contributed by atoms with E-state index < -0.39 is 0 Å². The summed E-state index contributed by atoms with van der Waals surface area (Å²) in [6, 6.07) is 10.7. The van der Waals surface area contributed by atoms with Crippen molar-refractivity contribution in [1.29, 1.82) is 0 Å². The van der Waals surface area contributed by atoms with Gasteiger partial charge in [0.25, 0.3) is 0 Å². The normalized spacial score (nSPS) is 11.1. The van der Waals surface area contributed by atoms with Gasteiger partial charge in [-0.05, 0) is 46.9 Å². The van der Waals surface area contributed by atoms with E-state index in [9.17, 15) is 4.79 Å². The minimum Gasteiger partial charge on any atom is -0.456 e. The summed E-state index contributed by atoms with van der Waals surface area (Å²) >= 11 is 2.17. The zero-order valence-electron chi connectivity index (χ0n) is 8.74. The second kappa shape index (κ2) is 3.87. The SMILES string of the molecule is [B]c1ccc2oc3ccc(I)cc3c(=O)c2c1. The molecule has 3 aromatic rings. The topological polar surface area (TPSA) is 30.2 Å². The van der Waals surface area contributed by atoms with E-state index in [4.69, 9.17) is 12.3 Å². The van der Waals surface area contributed by atoms with Crippen LogP contribution >= 0.6 is 22.6 Å². The molecule has 2 nitrogen and oxygen atoms in total. The molecule has 3 rings (SSSR count). The van der Waals surface area contributed by atoms with E-state index in [0.29, 0.717) is 27.4 Å². The highest BCUT2D eigenvalue weighted by atomic mass is 127. The van der Waals surface area contributed by atoms with E-state index in [2.05, 4.69) is 22.6 Å². The third-order valence-electron chi connectivity index (χ3n) is 2.65. The minimum absolute atomic E-state index is 0.0351. The van der Waals surface area contributed by atoms with Crippen LogP contribution in [0.4, 0.5) is 0 Å². The summed E-state index contributed by atoms with van der Waals surface area (Å²) in [5, 5.41) is 1.12. The number of halogens is 1. The number of rotatable bonds is 0. The molecule has 2 aromatic carbocycles. The van der Waals surface area contributed by atoms with Crippen LogP contribution in [0, 0.1) is 3.57 Å². The molecule has 0 fully saturated rings. The van der Waals surface area contributed by atoms with Gasteiger partial charge in [-0.1, -0.05) is 17.6 Å². The van der Waals surface area contributed by atoms with Gasteiger partial charge in [-0.15, -0.1) is 0 Å². The summed E-state index contributed by atoms with van der Waals surface area (Å²) in [4.78, 5) is 12.3. The zero-order chi connectivity index (χ0) is 12.0. The van der Waals surface area contributed by atoms with Gasteiger partial charge < -0.3 is 4.42 Å². The summed E-state index contributed by atoms with van der Waals surface area (Å²) in [6.45, 7) is 0. The maximum atomic E-state index is 12.3. The van der Waals surface area contributed by atoms with Crippen molar-refractivity contribution >= 4 is 57.8 Å². The van der Waals surface area contributed by atoms with Gasteiger partial charge in [0.15, 0.2) is 0 Å². The molecule has 17 heavy (non-hydrogen) atoms. The highest BCUT2D eigenvalue weighted by molar-refractivity contribution is 14.1. The van der Waals surface area contributed by atoms with Crippen molar-refractivity contribution in [3.8, 4) is 0 Å².